The highest BCUT2D eigenvalue weighted by molar-refractivity contribution is 5.68. The quantitative estimate of drug-likeness (QED) is 0.548. The van der Waals surface area contributed by atoms with E-state index in [-0.39, 0.29) is 0 Å². The highest BCUT2D eigenvalue weighted by atomic mass is 16.7. The fraction of sp³-hybridized carbons (Fsp3) is 0.750. The minimum absolute atomic E-state index is 0.611. The van der Waals surface area contributed by atoms with Crippen molar-refractivity contribution in [3.05, 3.63) is 0 Å². The fourth-order valence-corrected chi connectivity index (χ4v) is 1.99. The van der Waals surface area contributed by atoms with Crippen molar-refractivity contribution in [2.45, 2.75) is 58.4 Å². The topological polar surface area (TPSA) is 108 Å². The summed E-state index contributed by atoms with van der Waals surface area (Å²) < 4.78 is 20.1. The number of hydrogen-bond acceptors (Lipinski definition) is 8. The van der Waals surface area contributed by atoms with E-state index < -0.39 is 48.6 Å². The summed E-state index contributed by atoms with van der Waals surface area (Å²) in [6.07, 6.45) is -5.60. The molecule has 5 atom stereocenters. The van der Waals surface area contributed by atoms with Gasteiger partial charge in [0.15, 0.2) is 24.6 Å². The molecule has 0 bridgehead atoms. The van der Waals surface area contributed by atoms with E-state index in [1.807, 2.05) is 0 Å². The molecular weight excluding hydrogens is 272 g/mol. The van der Waals surface area contributed by atoms with E-state index in [2.05, 4.69) is 0 Å². The largest absolute Gasteiger partial charge is 0.456 e. The molecule has 114 valence electrons. The van der Waals surface area contributed by atoms with Crippen LogP contribution < -0.4 is 0 Å². The van der Waals surface area contributed by atoms with Crippen LogP contribution >= 0.6 is 0 Å². The van der Waals surface area contributed by atoms with Crippen molar-refractivity contribution in [3.8, 4) is 0 Å². The van der Waals surface area contributed by atoms with E-state index in [4.69, 9.17) is 18.9 Å². The van der Waals surface area contributed by atoms with Crippen LogP contribution in [0, 0.1) is 0 Å². The van der Waals surface area contributed by atoms with E-state index in [1.165, 1.54) is 13.8 Å². The van der Waals surface area contributed by atoms with Gasteiger partial charge in [-0.05, 0) is 6.92 Å². The third-order valence-electron chi connectivity index (χ3n) is 2.65. The lowest BCUT2D eigenvalue weighted by Crippen LogP contribution is -2.60. The van der Waals surface area contributed by atoms with Crippen LogP contribution in [0.25, 0.3) is 0 Å². The number of hydrogen-bond donors (Lipinski definition) is 1. The molecule has 0 aromatic carbocycles. The van der Waals surface area contributed by atoms with Gasteiger partial charge in [-0.3, -0.25) is 14.4 Å². The van der Waals surface area contributed by atoms with Gasteiger partial charge in [0.25, 0.3) is 0 Å². The molecule has 0 amide bonds. The van der Waals surface area contributed by atoms with Crippen LogP contribution in [0.5, 0.6) is 0 Å². The predicted octanol–water partition coefficient (Wildman–Crippen LogP) is -0.481. The first-order valence-corrected chi connectivity index (χ1v) is 6.07. The van der Waals surface area contributed by atoms with Gasteiger partial charge in [0.1, 0.15) is 0 Å². The van der Waals surface area contributed by atoms with Crippen molar-refractivity contribution in [2.75, 3.05) is 0 Å². The Kier molecular flexibility index (Phi) is 5.46. The number of aliphatic hydroxyl groups is 1. The molecule has 2 unspecified atom stereocenters. The van der Waals surface area contributed by atoms with Gasteiger partial charge in [-0.1, -0.05) is 0 Å². The van der Waals surface area contributed by atoms with Gasteiger partial charge in [-0.25, -0.2) is 0 Å². The van der Waals surface area contributed by atoms with Gasteiger partial charge < -0.3 is 24.1 Å². The molecule has 1 aliphatic heterocycles. The number of carbonyl (C=O) groups is 3. The minimum Gasteiger partial charge on any atom is -0.456 e. The highest BCUT2D eigenvalue weighted by Gasteiger charge is 2.49. The van der Waals surface area contributed by atoms with Crippen LogP contribution in [0.3, 0.4) is 0 Å². The van der Waals surface area contributed by atoms with Gasteiger partial charge in [0, 0.05) is 20.8 Å². The maximum atomic E-state index is 11.2. The Labute approximate surface area is 115 Å². The molecule has 8 heteroatoms. The molecule has 0 spiro atoms. The summed E-state index contributed by atoms with van der Waals surface area (Å²) in [5.74, 6) is -1.96. The van der Waals surface area contributed by atoms with E-state index >= 15 is 0 Å². The van der Waals surface area contributed by atoms with E-state index in [0.29, 0.717) is 0 Å². The normalized spacial score (nSPS) is 33.1. The first-order chi connectivity index (χ1) is 9.22. The number of rotatable bonds is 3. The van der Waals surface area contributed by atoms with Crippen LogP contribution in [0.15, 0.2) is 0 Å². The summed E-state index contributed by atoms with van der Waals surface area (Å²) in [6.45, 7) is 5.01. The van der Waals surface area contributed by atoms with E-state index in [0.717, 1.165) is 13.8 Å². The summed E-state index contributed by atoms with van der Waals surface area (Å²) in [5.41, 5.74) is 0. The Morgan fingerprint density at radius 3 is 1.70 bits per heavy atom. The lowest BCUT2D eigenvalue weighted by molar-refractivity contribution is -0.288. The molecular formula is C12H18O8. The smallest absolute Gasteiger partial charge is 0.303 e. The summed E-state index contributed by atoms with van der Waals surface area (Å²) in [5, 5.41) is 9.79. The molecule has 1 heterocycles. The molecule has 1 saturated heterocycles. The van der Waals surface area contributed by atoms with Crippen LogP contribution in [0.1, 0.15) is 27.7 Å². The lowest BCUT2D eigenvalue weighted by Gasteiger charge is -2.41. The van der Waals surface area contributed by atoms with Crippen molar-refractivity contribution in [3.63, 3.8) is 0 Å². The average Bonchev–Trinajstić information content (AvgIpc) is 2.27. The summed E-state index contributed by atoms with van der Waals surface area (Å²) >= 11 is 0. The predicted molar refractivity (Wildman–Crippen MR) is 63.2 cm³/mol. The molecule has 0 aromatic rings. The maximum absolute atomic E-state index is 11.2. The van der Waals surface area contributed by atoms with Crippen LogP contribution in [-0.2, 0) is 33.3 Å². The van der Waals surface area contributed by atoms with E-state index in [9.17, 15) is 19.5 Å². The Hall–Kier alpha value is -1.67. The highest BCUT2D eigenvalue weighted by Crippen LogP contribution is 2.27. The van der Waals surface area contributed by atoms with Gasteiger partial charge in [-0.2, -0.15) is 0 Å². The van der Waals surface area contributed by atoms with Gasteiger partial charge in [-0.15, -0.1) is 0 Å². The summed E-state index contributed by atoms with van der Waals surface area (Å²) in [6, 6.07) is 0. The van der Waals surface area contributed by atoms with Crippen molar-refractivity contribution in [1.82, 2.24) is 0 Å². The Morgan fingerprint density at radius 2 is 1.25 bits per heavy atom. The molecule has 1 N–H and O–H groups in total. The number of ether oxygens (including phenoxy) is 4. The van der Waals surface area contributed by atoms with Crippen LogP contribution in [0.4, 0.5) is 0 Å². The van der Waals surface area contributed by atoms with Crippen LogP contribution in [0.2, 0.25) is 0 Å². The van der Waals surface area contributed by atoms with Gasteiger partial charge in [0.05, 0.1) is 6.10 Å². The molecule has 0 aliphatic carbocycles. The lowest BCUT2D eigenvalue weighted by atomic mass is 9.99. The first-order valence-electron chi connectivity index (χ1n) is 6.07. The molecule has 1 fully saturated rings. The van der Waals surface area contributed by atoms with Gasteiger partial charge in [0.2, 0.25) is 0 Å². The zero-order chi connectivity index (χ0) is 15.4. The molecule has 8 nitrogen and oxygen atoms in total. The third-order valence-corrected chi connectivity index (χ3v) is 2.65. The second-order valence-corrected chi connectivity index (χ2v) is 4.45. The molecule has 20 heavy (non-hydrogen) atoms. The second kappa shape index (κ2) is 6.67. The summed E-state index contributed by atoms with van der Waals surface area (Å²) in [7, 11) is 0. The number of esters is 3. The molecule has 1 rings (SSSR count). The van der Waals surface area contributed by atoms with Crippen molar-refractivity contribution >= 4 is 17.9 Å². The van der Waals surface area contributed by atoms with Crippen molar-refractivity contribution in [2.24, 2.45) is 0 Å². The zero-order valence-corrected chi connectivity index (χ0v) is 11.7. The molecule has 1 aliphatic rings. The zero-order valence-electron chi connectivity index (χ0n) is 11.7. The van der Waals surface area contributed by atoms with E-state index in [1.54, 1.807) is 0 Å². The average molecular weight is 290 g/mol. The molecule has 0 radical (unpaired) electrons. The fourth-order valence-electron chi connectivity index (χ4n) is 1.99. The number of aliphatic hydroxyl groups excluding tert-OH is 1. The monoisotopic (exact) mass is 290 g/mol. The third kappa shape index (κ3) is 4.17. The van der Waals surface area contributed by atoms with Gasteiger partial charge >= 0.3 is 17.9 Å². The maximum Gasteiger partial charge on any atom is 0.303 e. The minimum atomic E-state index is -1.48. The second-order valence-electron chi connectivity index (χ2n) is 4.45. The summed E-state index contributed by atoms with van der Waals surface area (Å²) in [4.78, 5) is 33.3. The first kappa shape index (κ1) is 16.4. The van der Waals surface area contributed by atoms with Crippen LogP contribution in [-0.4, -0.2) is 53.7 Å². The Bertz CT molecular complexity index is 365. The molecule has 0 saturated carbocycles. The van der Waals surface area contributed by atoms with Crippen molar-refractivity contribution < 1.29 is 38.4 Å². The Morgan fingerprint density at radius 1 is 0.850 bits per heavy atom. The standard InChI is InChI=1S/C12H18O8/c1-5-9(18-6(2)13)10(19-7(3)14)11(12(16)17-5)20-8(4)15/h5,9-12,16H,1-4H3/t5-,9?,10+,11+,12?/m0/s1. The Balaban J connectivity index is 3.01. The SMILES string of the molecule is CC(=O)OC1[C@H](C)OC(O)[C@H](OC(C)=O)[C@@H]1OC(C)=O. The molecule has 0 aromatic heterocycles. The van der Waals surface area contributed by atoms with Crippen molar-refractivity contribution in [1.29, 1.82) is 0 Å². The number of carbonyl (C=O) groups excluding carboxylic acids is 3.